The van der Waals surface area contributed by atoms with Crippen molar-refractivity contribution in [1.82, 2.24) is 15.2 Å². The summed E-state index contributed by atoms with van der Waals surface area (Å²) < 4.78 is 5.82. The van der Waals surface area contributed by atoms with Crippen LogP contribution in [0.5, 0.6) is 0 Å². The van der Waals surface area contributed by atoms with Crippen molar-refractivity contribution < 1.29 is 14.3 Å². The van der Waals surface area contributed by atoms with Gasteiger partial charge in [-0.15, -0.1) is 11.8 Å². The number of morpholine rings is 1. The molecule has 0 saturated carbocycles. The molecule has 2 aromatic rings. The molecule has 1 N–H and O–H groups in total. The molecular formula is C22H25N5O3S. The standard InChI is InChI=1S/C22H25N5O3S/c1-14-10-26(11-15(2)30-14)16-3-4-20-19(7-16)18(5-6-24-20)22(29)25-9-21(28)27-13-31-12-17(27)8-23/h3-7,14-15,17H,9-13H2,1-2H3,(H,25,29)/t14-,15+,17-/m1/s1. The SMILES string of the molecule is C[C@@H]1CN(c2ccc3nccc(C(=O)NCC(=O)N4CSC[C@H]4C#N)c3c2)C[C@H](C)O1. The highest BCUT2D eigenvalue weighted by molar-refractivity contribution is 7.99. The number of anilines is 1. The van der Waals surface area contributed by atoms with Gasteiger partial charge in [0.2, 0.25) is 5.91 Å². The average molecular weight is 440 g/mol. The number of amides is 2. The van der Waals surface area contributed by atoms with E-state index in [1.807, 2.05) is 18.2 Å². The Hall–Kier alpha value is -2.83. The number of nitriles is 1. The third-order valence-corrected chi connectivity index (χ3v) is 6.52. The molecule has 0 unspecified atom stereocenters. The molecule has 1 aromatic heterocycles. The lowest BCUT2D eigenvalue weighted by Gasteiger charge is -2.37. The summed E-state index contributed by atoms with van der Waals surface area (Å²) in [7, 11) is 0. The zero-order valence-electron chi connectivity index (χ0n) is 17.6. The van der Waals surface area contributed by atoms with E-state index in [2.05, 4.69) is 35.1 Å². The van der Waals surface area contributed by atoms with E-state index in [1.54, 1.807) is 12.3 Å². The van der Waals surface area contributed by atoms with Crippen molar-refractivity contribution in [3.63, 3.8) is 0 Å². The highest BCUT2D eigenvalue weighted by atomic mass is 32.2. The minimum Gasteiger partial charge on any atom is -0.372 e. The van der Waals surface area contributed by atoms with Crippen LogP contribution in [-0.2, 0) is 9.53 Å². The first-order chi connectivity index (χ1) is 15.0. The van der Waals surface area contributed by atoms with Crippen LogP contribution in [0, 0.1) is 11.3 Å². The molecule has 2 amide bonds. The zero-order valence-corrected chi connectivity index (χ0v) is 18.4. The first-order valence-corrected chi connectivity index (χ1v) is 11.5. The Morgan fingerprint density at radius 3 is 2.81 bits per heavy atom. The molecule has 8 nitrogen and oxygen atoms in total. The van der Waals surface area contributed by atoms with Gasteiger partial charge >= 0.3 is 0 Å². The van der Waals surface area contributed by atoms with E-state index >= 15 is 0 Å². The summed E-state index contributed by atoms with van der Waals surface area (Å²) in [4.78, 5) is 33.5. The molecule has 31 heavy (non-hydrogen) atoms. The van der Waals surface area contributed by atoms with Gasteiger partial charge in [-0.1, -0.05) is 0 Å². The first-order valence-electron chi connectivity index (χ1n) is 10.3. The van der Waals surface area contributed by atoms with Crippen LogP contribution in [0.4, 0.5) is 5.69 Å². The van der Waals surface area contributed by atoms with Crippen molar-refractivity contribution in [2.75, 3.05) is 36.2 Å². The molecule has 1 aromatic carbocycles. The number of rotatable bonds is 4. The second-order valence-electron chi connectivity index (χ2n) is 7.91. The summed E-state index contributed by atoms with van der Waals surface area (Å²) in [6, 6.07) is 9.27. The molecular weight excluding hydrogens is 414 g/mol. The number of nitrogens with zero attached hydrogens (tertiary/aromatic N) is 4. The number of carbonyl (C=O) groups excluding carboxylic acids is 2. The van der Waals surface area contributed by atoms with Gasteiger partial charge in [0.15, 0.2) is 0 Å². The normalized spacial score (nSPS) is 23.6. The van der Waals surface area contributed by atoms with Gasteiger partial charge in [-0.2, -0.15) is 5.26 Å². The van der Waals surface area contributed by atoms with Gasteiger partial charge in [0.25, 0.3) is 5.91 Å². The Bertz CT molecular complexity index is 1030. The second-order valence-corrected chi connectivity index (χ2v) is 8.91. The summed E-state index contributed by atoms with van der Waals surface area (Å²) in [5, 5.41) is 12.6. The summed E-state index contributed by atoms with van der Waals surface area (Å²) in [6.45, 7) is 5.52. The maximum absolute atomic E-state index is 12.9. The zero-order chi connectivity index (χ0) is 22.0. The second kappa shape index (κ2) is 9.12. The average Bonchev–Trinajstić information content (AvgIpc) is 3.25. The molecule has 2 aliphatic rings. The van der Waals surface area contributed by atoms with Gasteiger partial charge in [0.05, 0.1) is 41.8 Å². The van der Waals surface area contributed by atoms with E-state index in [9.17, 15) is 9.59 Å². The Kier molecular flexibility index (Phi) is 6.30. The number of carbonyl (C=O) groups is 2. The predicted octanol–water partition coefficient (Wildman–Crippen LogP) is 2.00. The number of fused-ring (bicyclic) bond motifs is 1. The molecule has 2 fully saturated rings. The maximum Gasteiger partial charge on any atom is 0.252 e. The van der Waals surface area contributed by atoms with E-state index < -0.39 is 6.04 Å². The van der Waals surface area contributed by atoms with Crippen molar-refractivity contribution in [3.05, 3.63) is 36.0 Å². The fraction of sp³-hybridized carbons (Fsp3) is 0.455. The molecule has 162 valence electrons. The third kappa shape index (κ3) is 4.60. The number of hydrogen-bond donors (Lipinski definition) is 1. The molecule has 0 radical (unpaired) electrons. The van der Waals surface area contributed by atoms with Gasteiger partial charge < -0.3 is 19.9 Å². The minimum absolute atomic E-state index is 0.128. The van der Waals surface area contributed by atoms with Crippen LogP contribution in [0.2, 0.25) is 0 Å². The topological polar surface area (TPSA) is 98.6 Å². The monoisotopic (exact) mass is 439 g/mol. The van der Waals surface area contributed by atoms with E-state index in [0.29, 0.717) is 17.2 Å². The molecule has 9 heteroatoms. The van der Waals surface area contributed by atoms with Gasteiger partial charge in [-0.25, -0.2) is 0 Å². The number of benzene rings is 1. The van der Waals surface area contributed by atoms with Crippen LogP contribution in [0.1, 0.15) is 24.2 Å². The van der Waals surface area contributed by atoms with Crippen LogP contribution < -0.4 is 10.2 Å². The fourth-order valence-corrected chi connectivity index (χ4v) is 5.17. The Balaban J connectivity index is 1.52. The van der Waals surface area contributed by atoms with Gasteiger partial charge in [-0.05, 0) is 38.1 Å². The van der Waals surface area contributed by atoms with Crippen molar-refractivity contribution in [2.45, 2.75) is 32.1 Å². The molecule has 3 heterocycles. The van der Waals surface area contributed by atoms with E-state index in [0.717, 1.165) is 29.7 Å². The third-order valence-electron chi connectivity index (χ3n) is 5.51. The molecule has 0 bridgehead atoms. The number of ether oxygens (including phenoxy) is 1. The number of hydrogen-bond acceptors (Lipinski definition) is 7. The predicted molar refractivity (Wildman–Crippen MR) is 120 cm³/mol. The van der Waals surface area contributed by atoms with Crippen molar-refractivity contribution in [1.29, 1.82) is 5.26 Å². The van der Waals surface area contributed by atoms with Gasteiger partial charge in [-0.3, -0.25) is 14.6 Å². The van der Waals surface area contributed by atoms with Crippen molar-refractivity contribution in [3.8, 4) is 6.07 Å². The van der Waals surface area contributed by atoms with Gasteiger partial charge in [0.1, 0.15) is 6.04 Å². The Morgan fingerprint density at radius 1 is 1.29 bits per heavy atom. The van der Waals surface area contributed by atoms with Crippen LogP contribution in [0.25, 0.3) is 10.9 Å². The number of pyridine rings is 1. The van der Waals surface area contributed by atoms with Crippen LogP contribution >= 0.6 is 11.8 Å². The van der Waals surface area contributed by atoms with E-state index in [1.165, 1.54) is 16.7 Å². The Morgan fingerprint density at radius 2 is 2.06 bits per heavy atom. The van der Waals surface area contributed by atoms with Crippen molar-refractivity contribution >= 4 is 40.2 Å². The van der Waals surface area contributed by atoms with Crippen LogP contribution in [0.15, 0.2) is 30.5 Å². The lowest BCUT2D eigenvalue weighted by atomic mass is 10.1. The molecule has 0 aliphatic carbocycles. The lowest BCUT2D eigenvalue weighted by molar-refractivity contribution is -0.129. The summed E-state index contributed by atoms with van der Waals surface area (Å²) >= 11 is 1.54. The number of aromatic nitrogens is 1. The highest BCUT2D eigenvalue weighted by Gasteiger charge is 2.29. The largest absolute Gasteiger partial charge is 0.372 e. The highest BCUT2D eigenvalue weighted by Crippen LogP contribution is 2.26. The molecule has 3 atom stereocenters. The maximum atomic E-state index is 12.9. The van der Waals surface area contributed by atoms with Crippen LogP contribution in [0.3, 0.4) is 0 Å². The molecule has 0 spiro atoms. The number of nitrogens with one attached hydrogen (secondary N) is 1. The lowest BCUT2D eigenvalue weighted by Crippen LogP contribution is -2.45. The fourth-order valence-electron chi connectivity index (χ4n) is 4.07. The van der Waals surface area contributed by atoms with Gasteiger partial charge in [0, 0.05) is 36.1 Å². The van der Waals surface area contributed by atoms with Crippen LogP contribution in [-0.4, -0.2) is 71.2 Å². The number of thioether (sulfide) groups is 1. The molecule has 2 saturated heterocycles. The summed E-state index contributed by atoms with van der Waals surface area (Å²) in [5.41, 5.74) is 2.21. The quantitative estimate of drug-likeness (QED) is 0.778. The minimum atomic E-state index is -0.433. The smallest absolute Gasteiger partial charge is 0.252 e. The van der Waals surface area contributed by atoms with Crippen molar-refractivity contribution in [2.24, 2.45) is 0 Å². The molecule has 4 rings (SSSR count). The van der Waals surface area contributed by atoms with E-state index in [4.69, 9.17) is 10.00 Å². The first kappa shape index (κ1) is 21.4. The van der Waals surface area contributed by atoms with E-state index in [-0.39, 0.29) is 30.6 Å². The Labute approximate surface area is 185 Å². The summed E-state index contributed by atoms with van der Waals surface area (Å²) in [5.74, 6) is 0.500. The molecule has 2 aliphatic heterocycles. The summed E-state index contributed by atoms with van der Waals surface area (Å²) in [6.07, 6.45) is 1.85.